The van der Waals surface area contributed by atoms with Gasteiger partial charge in [0.2, 0.25) is 0 Å². The molecule has 18 heavy (non-hydrogen) atoms. The van der Waals surface area contributed by atoms with E-state index in [2.05, 4.69) is 6.07 Å². The van der Waals surface area contributed by atoms with Gasteiger partial charge in [-0.2, -0.15) is 0 Å². The van der Waals surface area contributed by atoms with Crippen molar-refractivity contribution in [3.05, 3.63) is 23.8 Å². The summed E-state index contributed by atoms with van der Waals surface area (Å²) in [7, 11) is 1.69. The summed E-state index contributed by atoms with van der Waals surface area (Å²) >= 11 is 0. The van der Waals surface area contributed by atoms with Crippen LogP contribution in [0.25, 0.3) is 0 Å². The van der Waals surface area contributed by atoms with Gasteiger partial charge in [-0.05, 0) is 50.7 Å². The molecule has 0 radical (unpaired) electrons. The molecule has 1 aliphatic rings. The molecule has 3 heteroatoms. The molecule has 0 saturated heterocycles. The standard InChI is InChI=1S/C15H23NO2/c1-11(16)10-12-6-5-9-14(17-2)15(12)18-13-7-3-4-8-13/h5-6,9,11,13H,3-4,7-8,10,16H2,1-2H3. The Hall–Kier alpha value is -1.22. The van der Waals surface area contributed by atoms with Crippen LogP contribution >= 0.6 is 0 Å². The highest BCUT2D eigenvalue weighted by Crippen LogP contribution is 2.35. The minimum Gasteiger partial charge on any atom is -0.493 e. The number of nitrogens with two attached hydrogens (primary N) is 1. The van der Waals surface area contributed by atoms with Gasteiger partial charge in [-0.25, -0.2) is 0 Å². The number of methoxy groups -OCH3 is 1. The fraction of sp³-hybridized carbons (Fsp3) is 0.600. The summed E-state index contributed by atoms with van der Waals surface area (Å²) in [6.07, 6.45) is 5.99. The lowest BCUT2D eigenvalue weighted by molar-refractivity contribution is 0.198. The van der Waals surface area contributed by atoms with Gasteiger partial charge in [-0.1, -0.05) is 12.1 Å². The third-order valence-electron chi connectivity index (χ3n) is 3.41. The van der Waals surface area contributed by atoms with Crippen LogP contribution in [0.5, 0.6) is 11.5 Å². The molecule has 1 aliphatic carbocycles. The molecule has 0 aromatic heterocycles. The fourth-order valence-corrected chi connectivity index (χ4v) is 2.54. The van der Waals surface area contributed by atoms with Gasteiger partial charge in [0.25, 0.3) is 0 Å². The molecular weight excluding hydrogens is 226 g/mol. The van der Waals surface area contributed by atoms with E-state index < -0.39 is 0 Å². The summed E-state index contributed by atoms with van der Waals surface area (Å²) in [4.78, 5) is 0. The number of para-hydroxylation sites is 1. The van der Waals surface area contributed by atoms with Crippen LogP contribution in [0.4, 0.5) is 0 Å². The van der Waals surface area contributed by atoms with Crippen molar-refractivity contribution in [3.8, 4) is 11.5 Å². The van der Waals surface area contributed by atoms with Crippen molar-refractivity contribution in [2.45, 2.75) is 51.2 Å². The van der Waals surface area contributed by atoms with Crippen LogP contribution < -0.4 is 15.2 Å². The summed E-state index contributed by atoms with van der Waals surface area (Å²) in [5.74, 6) is 1.71. The Labute approximate surface area is 109 Å². The van der Waals surface area contributed by atoms with Crippen LogP contribution in [0, 0.1) is 0 Å². The molecule has 0 amide bonds. The second-order valence-corrected chi connectivity index (χ2v) is 5.15. The average Bonchev–Trinajstić information content (AvgIpc) is 2.83. The number of hydrogen-bond donors (Lipinski definition) is 1. The molecule has 0 aliphatic heterocycles. The van der Waals surface area contributed by atoms with Crippen molar-refractivity contribution in [2.24, 2.45) is 5.73 Å². The van der Waals surface area contributed by atoms with E-state index >= 15 is 0 Å². The van der Waals surface area contributed by atoms with E-state index in [-0.39, 0.29) is 6.04 Å². The summed E-state index contributed by atoms with van der Waals surface area (Å²) in [5, 5.41) is 0. The third kappa shape index (κ3) is 3.16. The SMILES string of the molecule is COc1cccc(CC(C)N)c1OC1CCCC1. The molecule has 1 aromatic carbocycles. The number of ether oxygens (including phenoxy) is 2. The lowest BCUT2D eigenvalue weighted by atomic mass is 10.1. The van der Waals surface area contributed by atoms with E-state index in [9.17, 15) is 0 Å². The van der Waals surface area contributed by atoms with Crippen LogP contribution in [-0.4, -0.2) is 19.3 Å². The lowest BCUT2D eigenvalue weighted by Gasteiger charge is -2.20. The predicted molar refractivity (Wildman–Crippen MR) is 73.2 cm³/mol. The molecule has 1 fully saturated rings. The maximum absolute atomic E-state index is 6.15. The van der Waals surface area contributed by atoms with Gasteiger partial charge >= 0.3 is 0 Å². The molecular formula is C15H23NO2. The van der Waals surface area contributed by atoms with E-state index in [4.69, 9.17) is 15.2 Å². The normalized spacial score (nSPS) is 17.7. The van der Waals surface area contributed by atoms with Crippen molar-refractivity contribution in [3.63, 3.8) is 0 Å². The smallest absolute Gasteiger partial charge is 0.164 e. The molecule has 2 rings (SSSR count). The molecule has 0 bridgehead atoms. The van der Waals surface area contributed by atoms with E-state index in [1.54, 1.807) is 7.11 Å². The first-order valence-electron chi connectivity index (χ1n) is 6.79. The van der Waals surface area contributed by atoms with Crippen LogP contribution in [0.3, 0.4) is 0 Å². The van der Waals surface area contributed by atoms with Crippen LogP contribution in [0.2, 0.25) is 0 Å². The minimum atomic E-state index is 0.128. The lowest BCUT2D eigenvalue weighted by Crippen LogP contribution is -2.20. The fourth-order valence-electron chi connectivity index (χ4n) is 2.54. The van der Waals surface area contributed by atoms with E-state index in [0.717, 1.165) is 36.3 Å². The highest BCUT2D eigenvalue weighted by atomic mass is 16.5. The third-order valence-corrected chi connectivity index (χ3v) is 3.41. The van der Waals surface area contributed by atoms with Crippen molar-refractivity contribution < 1.29 is 9.47 Å². The Morgan fingerprint density at radius 2 is 2.06 bits per heavy atom. The topological polar surface area (TPSA) is 44.5 Å². The maximum Gasteiger partial charge on any atom is 0.164 e. The van der Waals surface area contributed by atoms with Gasteiger partial charge in [0.1, 0.15) is 0 Å². The summed E-state index contributed by atoms with van der Waals surface area (Å²) in [6.45, 7) is 2.01. The Kier molecular flexibility index (Phi) is 4.48. The van der Waals surface area contributed by atoms with Gasteiger partial charge in [0, 0.05) is 6.04 Å². The van der Waals surface area contributed by atoms with Gasteiger partial charge < -0.3 is 15.2 Å². The molecule has 1 aromatic rings. The van der Waals surface area contributed by atoms with E-state index in [1.165, 1.54) is 12.8 Å². The number of rotatable bonds is 5. The van der Waals surface area contributed by atoms with Gasteiger partial charge in [-0.15, -0.1) is 0 Å². The first-order chi connectivity index (χ1) is 8.70. The van der Waals surface area contributed by atoms with Crippen molar-refractivity contribution in [2.75, 3.05) is 7.11 Å². The Morgan fingerprint density at radius 1 is 1.33 bits per heavy atom. The zero-order chi connectivity index (χ0) is 13.0. The van der Waals surface area contributed by atoms with Crippen LogP contribution in [0.15, 0.2) is 18.2 Å². The van der Waals surface area contributed by atoms with Crippen LogP contribution in [-0.2, 0) is 6.42 Å². The monoisotopic (exact) mass is 249 g/mol. The molecule has 0 spiro atoms. The zero-order valence-corrected chi connectivity index (χ0v) is 11.3. The van der Waals surface area contributed by atoms with Crippen LogP contribution in [0.1, 0.15) is 38.2 Å². The van der Waals surface area contributed by atoms with Crippen molar-refractivity contribution >= 4 is 0 Å². The van der Waals surface area contributed by atoms with Gasteiger partial charge in [0.15, 0.2) is 11.5 Å². The molecule has 100 valence electrons. The highest BCUT2D eigenvalue weighted by Gasteiger charge is 2.20. The van der Waals surface area contributed by atoms with E-state index in [1.807, 2.05) is 19.1 Å². The first-order valence-corrected chi connectivity index (χ1v) is 6.79. The van der Waals surface area contributed by atoms with Crippen molar-refractivity contribution in [1.82, 2.24) is 0 Å². The Balaban J connectivity index is 2.22. The number of hydrogen-bond acceptors (Lipinski definition) is 3. The average molecular weight is 249 g/mol. The van der Waals surface area contributed by atoms with Gasteiger partial charge in [-0.3, -0.25) is 0 Å². The highest BCUT2D eigenvalue weighted by molar-refractivity contribution is 5.47. The summed E-state index contributed by atoms with van der Waals surface area (Å²) < 4.78 is 11.6. The number of benzene rings is 1. The minimum absolute atomic E-state index is 0.128. The molecule has 1 unspecified atom stereocenters. The molecule has 0 heterocycles. The molecule has 3 nitrogen and oxygen atoms in total. The zero-order valence-electron chi connectivity index (χ0n) is 11.3. The van der Waals surface area contributed by atoms with E-state index in [0.29, 0.717) is 6.10 Å². The largest absolute Gasteiger partial charge is 0.493 e. The summed E-state index contributed by atoms with van der Waals surface area (Å²) in [5.41, 5.74) is 7.05. The van der Waals surface area contributed by atoms with Crippen molar-refractivity contribution in [1.29, 1.82) is 0 Å². The molecule has 1 saturated carbocycles. The quantitative estimate of drug-likeness (QED) is 0.872. The summed E-state index contributed by atoms with van der Waals surface area (Å²) in [6, 6.07) is 6.16. The predicted octanol–water partition coefficient (Wildman–Crippen LogP) is 2.91. The maximum atomic E-state index is 6.15. The Morgan fingerprint density at radius 3 is 2.67 bits per heavy atom. The second-order valence-electron chi connectivity index (χ2n) is 5.15. The van der Waals surface area contributed by atoms with Gasteiger partial charge in [0.05, 0.1) is 13.2 Å². The second kappa shape index (κ2) is 6.10. The molecule has 1 atom stereocenters. The molecule has 2 N–H and O–H groups in total. The Bertz CT molecular complexity index is 384. The first kappa shape index (κ1) is 13.2.